The summed E-state index contributed by atoms with van der Waals surface area (Å²) >= 11 is 0. The van der Waals surface area contributed by atoms with Gasteiger partial charge in [-0.3, -0.25) is 9.69 Å². The van der Waals surface area contributed by atoms with Crippen molar-refractivity contribution in [2.75, 3.05) is 36.4 Å². The lowest BCUT2D eigenvalue weighted by atomic mass is 9.90. The average Bonchev–Trinajstić information content (AvgIpc) is 3.04. The fourth-order valence-electron chi connectivity index (χ4n) is 4.00. The summed E-state index contributed by atoms with van der Waals surface area (Å²) in [5.41, 5.74) is 1.79. The third-order valence-electron chi connectivity index (χ3n) is 5.75. The van der Waals surface area contributed by atoms with Crippen LogP contribution in [0, 0.1) is 11.8 Å². The molecule has 3 aliphatic rings. The maximum absolute atomic E-state index is 13.3. The Balaban J connectivity index is 1.47. The van der Waals surface area contributed by atoms with Crippen molar-refractivity contribution in [1.82, 2.24) is 15.3 Å². The van der Waals surface area contributed by atoms with Gasteiger partial charge in [-0.15, -0.1) is 0 Å². The number of aromatic nitrogens is 2. The smallest absolute Gasteiger partial charge is 0.259 e. The molecule has 156 valence electrons. The summed E-state index contributed by atoms with van der Waals surface area (Å²) in [4.78, 5) is 23.9. The first-order valence-electron chi connectivity index (χ1n) is 10.8. The second-order valence-corrected chi connectivity index (χ2v) is 7.78. The highest BCUT2D eigenvalue weighted by atomic mass is 16.2. The summed E-state index contributed by atoms with van der Waals surface area (Å²) in [6.45, 7) is 5.49. The van der Waals surface area contributed by atoms with Crippen LogP contribution in [-0.4, -0.2) is 42.1 Å². The van der Waals surface area contributed by atoms with Crippen molar-refractivity contribution >= 4 is 17.7 Å². The molecule has 1 aromatic rings. The van der Waals surface area contributed by atoms with Crippen molar-refractivity contribution in [2.24, 2.45) is 11.8 Å². The predicted molar refractivity (Wildman–Crippen MR) is 121 cm³/mol. The second kappa shape index (κ2) is 9.67. The van der Waals surface area contributed by atoms with E-state index in [9.17, 15) is 4.79 Å². The maximum atomic E-state index is 13.3. The lowest BCUT2D eigenvalue weighted by Gasteiger charge is -2.24. The predicted octanol–water partition coefficient (Wildman–Crippen LogP) is 3.41. The third kappa shape index (κ3) is 4.76. The van der Waals surface area contributed by atoms with Gasteiger partial charge in [-0.25, -0.2) is 4.98 Å². The monoisotopic (exact) mass is 403 g/mol. The van der Waals surface area contributed by atoms with Crippen LogP contribution in [0.4, 0.5) is 11.8 Å². The van der Waals surface area contributed by atoms with Gasteiger partial charge in [0.1, 0.15) is 5.82 Å². The van der Waals surface area contributed by atoms with Gasteiger partial charge in [-0.1, -0.05) is 42.5 Å². The molecule has 1 fully saturated rings. The van der Waals surface area contributed by atoms with Gasteiger partial charge in [-0.2, -0.15) is 4.98 Å². The molecule has 0 spiro atoms. The second-order valence-electron chi connectivity index (χ2n) is 7.78. The first-order chi connectivity index (χ1) is 14.7. The molecule has 1 atom stereocenters. The van der Waals surface area contributed by atoms with E-state index in [1.807, 2.05) is 37.3 Å². The van der Waals surface area contributed by atoms with Gasteiger partial charge in [-0.05, 0) is 56.5 Å². The molecule has 0 aromatic carbocycles. The number of piperidine rings is 1. The van der Waals surface area contributed by atoms with E-state index >= 15 is 0 Å². The minimum atomic E-state index is -0.0479. The van der Waals surface area contributed by atoms with Crippen molar-refractivity contribution in [3.8, 4) is 0 Å². The van der Waals surface area contributed by atoms with Gasteiger partial charge in [0.15, 0.2) is 0 Å². The molecule has 30 heavy (non-hydrogen) atoms. The van der Waals surface area contributed by atoms with E-state index in [1.54, 1.807) is 17.2 Å². The molecule has 1 unspecified atom stereocenters. The number of carbonyl (C=O) groups is 1. The number of hydrogen-bond donors (Lipinski definition) is 2. The molecule has 2 N–H and O–H groups in total. The van der Waals surface area contributed by atoms with E-state index in [2.05, 4.69) is 38.8 Å². The molecule has 4 rings (SSSR count). The van der Waals surface area contributed by atoms with E-state index in [1.165, 1.54) is 0 Å². The molecule has 1 aliphatic heterocycles. The Morgan fingerprint density at radius 2 is 2.10 bits per heavy atom. The Morgan fingerprint density at radius 1 is 1.23 bits per heavy atom. The first-order valence-corrected chi connectivity index (χ1v) is 10.8. The Kier molecular flexibility index (Phi) is 6.54. The topological polar surface area (TPSA) is 70.2 Å². The Morgan fingerprint density at radius 3 is 2.93 bits per heavy atom. The summed E-state index contributed by atoms with van der Waals surface area (Å²) < 4.78 is 0. The SMILES string of the molecule is CCN(C(=O)C1=CC2=CC=CC=CC2C=C1)c1ccnc(NCC2CCNCC2)n1. The Labute approximate surface area is 178 Å². The summed E-state index contributed by atoms with van der Waals surface area (Å²) in [5, 5.41) is 6.74. The number of carbonyl (C=O) groups excluding carboxylic acids is 1. The molecule has 1 aromatic heterocycles. The molecule has 2 aliphatic carbocycles. The van der Waals surface area contributed by atoms with Crippen molar-refractivity contribution in [3.05, 3.63) is 72.0 Å². The fraction of sp³-hybridized carbons (Fsp3) is 0.375. The molecule has 0 saturated carbocycles. The van der Waals surface area contributed by atoms with Crippen LogP contribution < -0.4 is 15.5 Å². The number of allylic oxidation sites excluding steroid dienone is 8. The van der Waals surface area contributed by atoms with Gasteiger partial charge in [0, 0.05) is 30.8 Å². The van der Waals surface area contributed by atoms with Crippen molar-refractivity contribution in [2.45, 2.75) is 19.8 Å². The van der Waals surface area contributed by atoms with Crippen LogP contribution in [0.3, 0.4) is 0 Å². The zero-order valence-corrected chi connectivity index (χ0v) is 17.4. The van der Waals surface area contributed by atoms with E-state index in [0.29, 0.717) is 29.8 Å². The third-order valence-corrected chi connectivity index (χ3v) is 5.75. The average molecular weight is 404 g/mol. The summed E-state index contributed by atoms with van der Waals surface area (Å²) in [7, 11) is 0. The molecule has 6 heteroatoms. The lowest BCUT2D eigenvalue weighted by molar-refractivity contribution is -0.114. The molecular weight excluding hydrogens is 374 g/mol. The van der Waals surface area contributed by atoms with Crippen LogP contribution in [0.2, 0.25) is 0 Å². The number of nitrogens with one attached hydrogen (secondary N) is 2. The summed E-state index contributed by atoms with van der Waals surface area (Å²) in [6, 6.07) is 1.80. The molecule has 2 heterocycles. The number of amides is 1. The van der Waals surface area contributed by atoms with Gasteiger partial charge in [0.2, 0.25) is 5.95 Å². The lowest BCUT2D eigenvalue weighted by Crippen LogP contribution is -2.33. The zero-order valence-electron chi connectivity index (χ0n) is 17.4. The van der Waals surface area contributed by atoms with Crippen LogP contribution >= 0.6 is 0 Å². The van der Waals surface area contributed by atoms with Crippen LogP contribution in [0.5, 0.6) is 0 Å². The van der Waals surface area contributed by atoms with Gasteiger partial charge in [0.25, 0.3) is 5.91 Å². The summed E-state index contributed by atoms with van der Waals surface area (Å²) in [6.07, 6.45) is 20.2. The quantitative estimate of drug-likeness (QED) is 0.762. The van der Waals surface area contributed by atoms with Crippen LogP contribution in [0.1, 0.15) is 19.8 Å². The van der Waals surface area contributed by atoms with Crippen LogP contribution in [0.15, 0.2) is 72.0 Å². The van der Waals surface area contributed by atoms with Gasteiger partial charge >= 0.3 is 0 Å². The standard InChI is InChI=1S/C24H29N5O/c1-2-29(23(30)21-9-8-19-6-4-3-5-7-20(19)16-21)22-12-15-26-24(28-22)27-17-18-10-13-25-14-11-18/h3-9,12,15-16,18-19,25H,2,10-11,13-14,17H2,1H3,(H,26,27,28). The van der Waals surface area contributed by atoms with Crippen molar-refractivity contribution in [3.63, 3.8) is 0 Å². The van der Waals surface area contributed by atoms with E-state index in [0.717, 1.165) is 38.0 Å². The highest BCUT2D eigenvalue weighted by Gasteiger charge is 2.22. The number of fused-ring (bicyclic) bond motifs is 1. The Bertz CT molecular complexity index is 921. The molecule has 0 bridgehead atoms. The minimum Gasteiger partial charge on any atom is -0.354 e. The van der Waals surface area contributed by atoms with Gasteiger partial charge in [0.05, 0.1) is 0 Å². The van der Waals surface area contributed by atoms with Gasteiger partial charge < -0.3 is 10.6 Å². The maximum Gasteiger partial charge on any atom is 0.259 e. The number of anilines is 2. The number of rotatable bonds is 6. The van der Waals surface area contributed by atoms with E-state index < -0.39 is 0 Å². The molecular formula is C24H29N5O. The minimum absolute atomic E-state index is 0.0479. The largest absolute Gasteiger partial charge is 0.354 e. The highest BCUT2D eigenvalue weighted by molar-refractivity contribution is 6.07. The Hall–Kier alpha value is -2.99. The molecule has 0 radical (unpaired) electrons. The van der Waals surface area contributed by atoms with E-state index in [-0.39, 0.29) is 11.8 Å². The van der Waals surface area contributed by atoms with Crippen molar-refractivity contribution in [1.29, 1.82) is 0 Å². The highest BCUT2D eigenvalue weighted by Crippen LogP contribution is 2.27. The number of nitrogens with zero attached hydrogens (tertiary/aromatic N) is 3. The normalized spacial score (nSPS) is 20.8. The summed E-state index contributed by atoms with van der Waals surface area (Å²) in [5.74, 6) is 2.00. The van der Waals surface area contributed by atoms with E-state index in [4.69, 9.17) is 0 Å². The van der Waals surface area contributed by atoms with Crippen LogP contribution in [-0.2, 0) is 4.79 Å². The fourth-order valence-corrected chi connectivity index (χ4v) is 4.00. The first kappa shape index (κ1) is 20.3. The molecule has 1 amide bonds. The number of hydrogen-bond acceptors (Lipinski definition) is 5. The molecule has 6 nitrogen and oxygen atoms in total. The zero-order chi connectivity index (χ0) is 20.8. The molecule has 1 saturated heterocycles. The van der Waals surface area contributed by atoms with Crippen LogP contribution in [0.25, 0.3) is 0 Å². The van der Waals surface area contributed by atoms with Crippen molar-refractivity contribution < 1.29 is 4.79 Å². The number of likely N-dealkylation sites (N-methyl/N-ethyl adjacent to an activating group) is 1.